The van der Waals surface area contributed by atoms with Gasteiger partial charge in [-0.3, -0.25) is 4.57 Å². The average Bonchev–Trinajstić information content (AvgIpc) is 2.95. The zero-order valence-electron chi connectivity index (χ0n) is 10.0. The molecule has 0 amide bonds. The van der Waals surface area contributed by atoms with Crippen LogP contribution >= 0.6 is 23.4 Å². The third kappa shape index (κ3) is 2.86. The first-order valence-corrected chi connectivity index (χ1v) is 6.69. The number of hydrogen-bond acceptors (Lipinski definition) is 7. The highest BCUT2D eigenvalue weighted by molar-refractivity contribution is 7.99. The number of nitrogen functional groups attached to an aromatic ring is 1. The standard InChI is InChI=1S/C11H8ClN7S/c12-7-1-2-8(15-5-7)20-11-17-9(13)16-10(18-11)19-4-3-14-6-19/h1-6H,(H2,13,16,17,18). The Morgan fingerprint density at radius 3 is 2.80 bits per heavy atom. The largest absolute Gasteiger partial charge is 0.368 e. The Morgan fingerprint density at radius 2 is 2.10 bits per heavy atom. The molecule has 0 unspecified atom stereocenters. The lowest BCUT2D eigenvalue weighted by molar-refractivity contribution is 0.831. The molecule has 3 rings (SSSR count). The number of halogens is 1. The Labute approximate surface area is 123 Å². The molecule has 3 heterocycles. The van der Waals surface area contributed by atoms with Crippen molar-refractivity contribution in [3.8, 4) is 5.95 Å². The van der Waals surface area contributed by atoms with Crippen molar-refractivity contribution in [3.63, 3.8) is 0 Å². The van der Waals surface area contributed by atoms with E-state index in [9.17, 15) is 0 Å². The summed E-state index contributed by atoms with van der Waals surface area (Å²) in [4.78, 5) is 20.5. The molecule has 7 nitrogen and oxygen atoms in total. The van der Waals surface area contributed by atoms with E-state index >= 15 is 0 Å². The number of hydrogen-bond donors (Lipinski definition) is 1. The van der Waals surface area contributed by atoms with Crippen LogP contribution < -0.4 is 5.73 Å². The molecule has 0 spiro atoms. The molecule has 0 aliphatic heterocycles. The van der Waals surface area contributed by atoms with Crippen LogP contribution in [0.15, 0.2) is 47.2 Å². The number of rotatable bonds is 3. The van der Waals surface area contributed by atoms with E-state index in [1.807, 2.05) is 0 Å². The number of imidazole rings is 1. The maximum Gasteiger partial charge on any atom is 0.240 e. The van der Waals surface area contributed by atoms with Gasteiger partial charge in [0, 0.05) is 18.6 Å². The second-order valence-electron chi connectivity index (χ2n) is 3.66. The van der Waals surface area contributed by atoms with Crippen LogP contribution in [0.4, 0.5) is 5.95 Å². The second kappa shape index (κ2) is 5.43. The summed E-state index contributed by atoms with van der Waals surface area (Å²) >= 11 is 7.07. The molecule has 20 heavy (non-hydrogen) atoms. The molecule has 0 aliphatic carbocycles. The van der Waals surface area contributed by atoms with Crippen LogP contribution in [-0.4, -0.2) is 29.5 Å². The highest BCUT2D eigenvalue weighted by atomic mass is 35.5. The quantitative estimate of drug-likeness (QED) is 0.788. The van der Waals surface area contributed by atoms with E-state index in [1.165, 1.54) is 11.8 Å². The van der Waals surface area contributed by atoms with Crippen molar-refractivity contribution in [2.75, 3.05) is 5.73 Å². The molecule has 0 saturated carbocycles. The lowest BCUT2D eigenvalue weighted by atomic mass is 10.5. The molecule has 0 saturated heterocycles. The summed E-state index contributed by atoms with van der Waals surface area (Å²) in [6.07, 6.45) is 6.51. The van der Waals surface area contributed by atoms with Crippen molar-refractivity contribution < 1.29 is 0 Å². The van der Waals surface area contributed by atoms with E-state index in [1.54, 1.807) is 41.6 Å². The number of aromatic nitrogens is 6. The first-order valence-electron chi connectivity index (χ1n) is 5.50. The van der Waals surface area contributed by atoms with Crippen LogP contribution in [0.25, 0.3) is 5.95 Å². The zero-order valence-corrected chi connectivity index (χ0v) is 11.6. The van der Waals surface area contributed by atoms with Gasteiger partial charge in [0.2, 0.25) is 17.1 Å². The highest BCUT2D eigenvalue weighted by Gasteiger charge is 2.08. The normalized spacial score (nSPS) is 10.7. The number of nitrogens with two attached hydrogens (primary N) is 1. The van der Waals surface area contributed by atoms with Crippen LogP contribution in [-0.2, 0) is 0 Å². The van der Waals surface area contributed by atoms with E-state index in [0.29, 0.717) is 16.1 Å². The molecule has 3 aromatic rings. The molecule has 2 N–H and O–H groups in total. The van der Waals surface area contributed by atoms with Gasteiger partial charge in [0.1, 0.15) is 11.4 Å². The van der Waals surface area contributed by atoms with Gasteiger partial charge in [-0.2, -0.15) is 15.0 Å². The molecular weight excluding hydrogens is 298 g/mol. The first-order chi connectivity index (χ1) is 9.70. The summed E-state index contributed by atoms with van der Waals surface area (Å²) in [7, 11) is 0. The van der Waals surface area contributed by atoms with Gasteiger partial charge in [0.25, 0.3) is 0 Å². The van der Waals surface area contributed by atoms with Crippen molar-refractivity contribution >= 4 is 29.3 Å². The van der Waals surface area contributed by atoms with Crippen LogP contribution in [0.5, 0.6) is 0 Å². The SMILES string of the molecule is Nc1nc(Sc2ccc(Cl)cn2)nc(-n2ccnc2)n1. The summed E-state index contributed by atoms with van der Waals surface area (Å²) in [6, 6.07) is 3.53. The fourth-order valence-corrected chi connectivity index (χ4v) is 2.22. The molecular formula is C11H8ClN7S. The fourth-order valence-electron chi connectivity index (χ4n) is 1.42. The predicted octanol–water partition coefficient (Wildman–Crippen LogP) is 1.84. The Bertz CT molecular complexity index is 714. The molecule has 0 aliphatic rings. The average molecular weight is 306 g/mol. The minimum atomic E-state index is 0.139. The molecule has 0 radical (unpaired) electrons. The molecule has 100 valence electrons. The van der Waals surface area contributed by atoms with Crippen molar-refractivity contribution in [2.24, 2.45) is 0 Å². The van der Waals surface area contributed by atoms with Crippen molar-refractivity contribution in [2.45, 2.75) is 10.2 Å². The summed E-state index contributed by atoms with van der Waals surface area (Å²) in [5.74, 6) is 0.548. The van der Waals surface area contributed by atoms with Crippen molar-refractivity contribution in [1.82, 2.24) is 29.5 Å². The monoisotopic (exact) mass is 305 g/mol. The second-order valence-corrected chi connectivity index (χ2v) is 5.09. The summed E-state index contributed by atoms with van der Waals surface area (Å²) < 4.78 is 1.65. The van der Waals surface area contributed by atoms with Crippen molar-refractivity contribution in [3.05, 3.63) is 42.1 Å². The zero-order chi connectivity index (χ0) is 13.9. The minimum absolute atomic E-state index is 0.139. The van der Waals surface area contributed by atoms with E-state index in [-0.39, 0.29) is 5.95 Å². The first kappa shape index (κ1) is 12.8. The van der Waals surface area contributed by atoms with Gasteiger partial charge in [-0.25, -0.2) is 9.97 Å². The van der Waals surface area contributed by atoms with Crippen LogP contribution in [0, 0.1) is 0 Å². The molecule has 9 heteroatoms. The van der Waals surface area contributed by atoms with Crippen LogP contribution in [0.3, 0.4) is 0 Å². The molecule has 0 aromatic carbocycles. The van der Waals surface area contributed by atoms with Gasteiger partial charge < -0.3 is 5.73 Å². The topological polar surface area (TPSA) is 95.4 Å². The number of anilines is 1. The Hall–Kier alpha value is -2.19. The number of nitrogens with zero attached hydrogens (tertiary/aromatic N) is 6. The van der Waals surface area contributed by atoms with Crippen molar-refractivity contribution in [1.29, 1.82) is 0 Å². The fraction of sp³-hybridized carbons (Fsp3) is 0. The van der Waals surface area contributed by atoms with E-state index in [0.717, 1.165) is 5.03 Å². The number of pyridine rings is 1. The molecule has 0 fully saturated rings. The molecule has 0 bridgehead atoms. The molecule has 0 atom stereocenters. The van der Waals surface area contributed by atoms with E-state index in [2.05, 4.69) is 24.9 Å². The van der Waals surface area contributed by atoms with Crippen LogP contribution in [0.1, 0.15) is 0 Å². The summed E-state index contributed by atoms with van der Waals surface area (Å²) in [6.45, 7) is 0. The third-order valence-corrected chi connectivity index (χ3v) is 3.29. The van der Waals surface area contributed by atoms with Gasteiger partial charge in [-0.15, -0.1) is 0 Å². The van der Waals surface area contributed by atoms with E-state index < -0.39 is 0 Å². The summed E-state index contributed by atoms with van der Waals surface area (Å²) in [5, 5.41) is 1.75. The minimum Gasteiger partial charge on any atom is -0.368 e. The molecule has 3 aromatic heterocycles. The third-order valence-electron chi connectivity index (χ3n) is 2.25. The lowest BCUT2D eigenvalue weighted by Gasteiger charge is -2.04. The van der Waals surface area contributed by atoms with Gasteiger partial charge >= 0.3 is 0 Å². The van der Waals surface area contributed by atoms with Gasteiger partial charge in [-0.1, -0.05) is 11.6 Å². The maximum absolute atomic E-state index is 5.79. The smallest absolute Gasteiger partial charge is 0.240 e. The maximum atomic E-state index is 5.79. The lowest BCUT2D eigenvalue weighted by Crippen LogP contribution is -2.06. The summed E-state index contributed by atoms with van der Waals surface area (Å²) in [5.41, 5.74) is 5.69. The Kier molecular flexibility index (Phi) is 3.48. The Morgan fingerprint density at radius 1 is 1.20 bits per heavy atom. The Balaban J connectivity index is 1.92. The van der Waals surface area contributed by atoms with Gasteiger partial charge in [-0.05, 0) is 23.9 Å². The van der Waals surface area contributed by atoms with Gasteiger partial charge in [0.15, 0.2) is 0 Å². The van der Waals surface area contributed by atoms with Crippen LogP contribution in [0.2, 0.25) is 5.02 Å². The van der Waals surface area contributed by atoms with E-state index in [4.69, 9.17) is 17.3 Å². The highest BCUT2D eigenvalue weighted by Crippen LogP contribution is 2.24. The van der Waals surface area contributed by atoms with Gasteiger partial charge in [0.05, 0.1) is 5.02 Å². The predicted molar refractivity (Wildman–Crippen MR) is 74.7 cm³/mol.